The first-order chi connectivity index (χ1) is 10.2. The maximum Gasteiger partial charge on any atom is 0.161 e. The van der Waals surface area contributed by atoms with Gasteiger partial charge < -0.3 is 19.4 Å². The van der Waals surface area contributed by atoms with E-state index in [1.54, 1.807) is 6.33 Å². The number of hydrogen-bond acceptors (Lipinski definition) is 5. The van der Waals surface area contributed by atoms with Crippen molar-refractivity contribution < 1.29 is 9.47 Å². The summed E-state index contributed by atoms with van der Waals surface area (Å²) in [5, 5.41) is 11.4. The zero-order valence-corrected chi connectivity index (χ0v) is 12.4. The van der Waals surface area contributed by atoms with Gasteiger partial charge in [-0.1, -0.05) is 6.07 Å². The van der Waals surface area contributed by atoms with Crippen molar-refractivity contribution in [2.75, 3.05) is 13.2 Å². The third-order valence-electron chi connectivity index (χ3n) is 3.64. The molecule has 1 unspecified atom stereocenters. The predicted molar refractivity (Wildman–Crippen MR) is 78.3 cm³/mol. The third-order valence-corrected chi connectivity index (χ3v) is 3.64. The molecule has 112 valence electrons. The smallest absolute Gasteiger partial charge is 0.161 e. The standard InChI is InChI=1S/C15H20N4O2/c1-11(16-9-15-18-17-10-19(15)2)12-4-5-13-14(8-12)21-7-3-6-20-13/h4-5,8,10-11,16H,3,6-7,9H2,1-2H3. The fraction of sp³-hybridized carbons (Fsp3) is 0.467. The summed E-state index contributed by atoms with van der Waals surface area (Å²) in [6, 6.07) is 6.30. The van der Waals surface area contributed by atoms with Gasteiger partial charge in [0.05, 0.1) is 19.8 Å². The molecule has 1 aromatic heterocycles. The van der Waals surface area contributed by atoms with Gasteiger partial charge in [-0.2, -0.15) is 0 Å². The zero-order chi connectivity index (χ0) is 14.7. The lowest BCUT2D eigenvalue weighted by Crippen LogP contribution is -2.20. The summed E-state index contributed by atoms with van der Waals surface area (Å²) in [4.78, 5) is 0. The summed E-state index contributed by atoms with van der Waals surface area (Å²) in [6.45, 7) is 4.21. The van der Waals surface area contributed by atoms with E-state index in [2.05, 4.69) is 34.6 Å². The van der Waals surface area contributed by atoms with Gasteiger partial charge in [0.25, 0.3) is 0 Å². The molecule has 1 atom stereocenters. The summed E-state index contributed by atoms with van der Waals surface area (Å²) in [5.74, 6) is 2.57. The van der Waals surface area contributed by atoms with E-state index in [-0.39, 0.29) is 6.04 Å². The number of nitrogens with zero attached hydrogens (tertiary/aromatic N) is 3. The highest BCUT2D eigenvalue weighted by atomic mass is 16.5. The van der Waals surface area contributed by atoms with Crippen molar-refractivity contribution in [2.24, 2.45) is 7.05 Å². The van der Waals surface area contributed by atoms with Gasteiger partial charge in [-0.25, -0.2) is 0 Å². The van der Waals surface area contributed by atoms with Gasteiger partial charge in [-0.05, 0) is 24.6 Å². The molecule has 1 aliphatic rings. The topological polar surface area (TPSA) is 61.2 Å². The molecule has 0 spiro atoms. The van der Waals surface area contributed by atoms with Gasteiger partial charge in [0, 0.05) is 19.5 Å². The molecule has 0 radical (unpaired) electrons. The Hall–Kier alpha value is -2.08. The first-order valence-electron chi connectivity index (χ1n) is 7.20. The first kappa shape index (κ1) is 13.9. The van der Waals surface area contributed by atoms with Crippen LogP contribution < -0.4 is 14.8 Å². The fourth-order valence-electron chi connectivity index (χ4n) is 2.28. The summed E-state index contributed by atoms with van der Waals surface area (Å²) < 4.78 is 13.3. The summed E-state index contributed by atoms with van der Waals surface area (Å²) >= 11 is 0. The van der Waals surface area contributed by atoms with E-state index in [0.717, 1.165) is 23.7 Å². The molecule has 0 amide bonds. The largest absolute Gasteiger partial charge is 0.490 e. The second-order valence-corrected chi connectivity index (χ2v) is 5.22. The minimum atomic E-state index is 0.193. The molecule has 6 nitrogen and oxygen atoms in total. The van der Waals surface area contributed by atoms with Crippen molar-refractivity contribution in [2.45, 2.75) is 25.9 Å². The van der Waals surface area contributed by atoms with Crippen LogP contribution in [0.1, 0.15) is 30.8 Å². The number of hydrogen-bond donors (Lipinski definition) is 1. The highest BCUT2D eigenvalue weighted by Gasteiger charge is 2.14. The Bertz CT molecular complexity index is 611. The lowest BCUT2D eigenvalue weighted by Gasteiger charge is -2.16. The van der Waals surface area contributed by atoms with Crippen LogP contribution in [0.3, 0.4) is 0 Å². The van der Waals surface area contributed by atoms with Gasteiger partial charge in [0.2, 0.25) is 0 Å². The Kier molecular flexibility index (Phi) is 4.06. The maximum absolute atomic E-state index is 5.73. The second kappa shape index (κ2) is 6.13. The molecular weight excluding hydrogens is 268 g/mol. The zero-order valence-electron chi connectivity index (χ0n) is 12.4. The second-order valence-electron chi connectivity index (χ2n) is 5.22. The van der Waals surface area contributed by atoms with Crippen LogP contribution in [0.4, 0.5) is 0 Å². The van der Waals surface area contributed by atoms with Crippen LogP contribution in [0.5, 0.6) is 11.5 Å². The van der Waals surface area contributed by atoms with E-state index >= 15 is 0 Å². The monoisotopic (exact) mass is 288 g/mol. The predicted octanol–water partition coefficient (Wildman–Crippen LogP) is 1.83. The Labute approximate surface area is 124 Å². The average molecular weight is 288 g/mol. The Morgan fingerprint density at radius 3 is 2.86 bits per heavy atom. The van der Waals surface area contributed by atoms with Crippen molar-refractivity contribution in [1.29, 1.82) is 0 Å². The Morgan fingerprint density at radius 2 is 2.10 bits per heavy atom. The number of ether oxygens (including phenoxy) is 2. The first-order valence-corrected chi connectivity index (χ1v) is 7.20. The normalized spacial score (nSPS) is 15.5. The fourth-order valence-corrected chi connectivity index (χ4v) is 2.28. The summed E-state index contributed by atoms with van der Waals surface area (Å²) in [7, 11) is 1.94. The van der Waals surface area contributed by atoms with Crippen LogP contribution >= 0.6 is 0 Å². The number of rotatable bonds is 4. The molecule has 2 heterocycles. The lowest BCUT2D eigenvalue weighted by molar-refractivity contribution is 0.297. The molecule has 0 bridgehead atoms. The molecular formula is C15H20N4O2. The van der Waals surface area contributed by atoms with Crippen LogP contribution in [0.25, 0.3) is 0 Å². The molecule has 21 heavy (non-hydrogen) atoms. The van der Waals surface area contributed by atoms with Crippen LogP contribution in [0.2, 0.25) is 0 Å². The molecule has 6 heteroatoms. The van der Waals surface area contributed by atoms with Gasteiger partial charge in [0.15, 0.2) is 11.5 Å². The van der Waals surface area contributed by atoms with E-state index < -0.39 is 0 Å². The minimum Gasteiger partial charge on any atom is -0.490 e. The highest BCUT2D eigenvalue weighted by Crippen LogP contribution is 2.32. The van der Waals surface area contributed by atoms with Gasteiger partial charge in [0.1, 0.15) is 12.2 Å². The Balaban J connectivity index is 1.68. The highest BCUT2D eigenvalue weighted by molar-refractivity contribution is 5.44. The number of nitrogens with one attached hydrogen (secondary N) is 1. The minimum absolute atomic E-state index is 0.193. The lowest BCUT2D eigenvalue weighted by atomic mass is 10.1. The molecule has 2 aromatic rings. The van der Waals surface area contributed by atoms with Crippen LogP contribution in [0, 0.1) is 0 Å². The maximum atomic E-state index is 5.73. The van der Waals surface area contributed by atoms with Gasteiger partial charge in [-0.15, -0.1) is 10.2 Å². The number of aryl methyl sites for hydroxylation is 1. The molecule has 1 aromatic carbocycles. The SMILES string of the molecule is CC(NCc1nncn1C)c1ccc2c(c1)OCCCO2. The van der Waals surface area contributed by atoms with Crippen molar-refractivity contribution in [3.63, 3.8) is 0 Å². The average Bonchev–Trinajstić information content (AvgIpc) is 2.76. The quantitative estimate of drug-likeness (QED) is 0.930. The van der Waals surface area contributed by atoms with E-state index in [1.807, 2.05) is 17.7 Å². The summed E-state index contributed by atoms with van der Waals surface area (Å²) in [6.07, 6.45) is 2.62. The van der Waals surface area contributed by atoms with Crippen molar-refractivity contribution in [3.8, 4) is 11.5 Å². The number of aromatic nitrogens is 3. The molecule has 3 rings (SSSR count). The molecule has 0 fully saturated rings. The molecule has 0 saturated heterocycles. The Morgan fingerprint density at radius 1 is 1.29 bits per heavy atom. The van der Waals surface area contributed by atoms with Crippen LogP contribution in [-0.2, 0) is 13.6 Å². The van der Waals surface area contributed by atoms with Crippen molar-refractivity contribution in [3.05, 3.63) is 35.9 Å². The van der Waals surface area contributed by atoms with Crippen molar-refractivity contribution in [1.82, 2.24) is 20.1 Å². The van der Waals surface area contributed by atoms with Gasteiger partial charge >= 0.3 is 0 Å². The number of fused-ring (bicyclic) bond motifs is 1. The summed E-state index contributed by atoms with van der Waals surface area (Å²) in [5.41, 5.74) is 1.17. The van der Waals surface area contributed by atoms with Gasteiger partial charge in [-0.3, -0.25) is 0 Å². The molecule has 0 saturated carbocycles. The van der Waals surface area contributed by atoms with E-state index in [1.165, 1.54) is 5.56 Å². The van der Waals surface area contributed by atoms with E-state index in [9.17, 15) is 0 Å². The van der Waals surface area contributed by atoms with Crippen LogP contribution in [-0.4, -0.2) is 28.0 Å². The van der Waals surface area contributed by atoms with E-state index in [0.29, 0.717) is 19.8 Å². The molecule has 1 N–H and O–H groups in total. The number of benzene rings is 1. The molecule has 0 aliphatic carbocycles. The molecule has 1 aliphatic heterocycles. The third kappa shape index (κ3) is 3.16. The van der Waals surface area contributed by atoms with E-state index in [4.69, 9.17) is 9.47 Å². The van der Waals surface area contributed by atoms with Crippen molar-refractivity contribution >= 4 is 0 Å². The van der Waals surface area contributed by atoms with Crippen LogP contribution in [0.15, 0.2) is 24.5 Å².